The van der Waals surface area contributed by atoms with E-state index in [4.69, 9.17) is 5.73 Å². The van der Waals surface area contributed by atoms with Gasteiger partial charge in [-0.15, -0.1) is 0 Å². The van der Waals surface area contributed by atoms with Gasteiger partial charge < -0.3 is 5.73 Å². The summed E-state index contributed by atoms with van der Waals surface area (Å²) < 4.78 is 17.8. The van der Waals surface area contributed by atoms with E-state index in [1.807, 2.05) is 6.92 Å². The molecule has 0 fully saturated rings. The number of halogens is 1. The topological polar surface area (TPSA) is 51.8 Å². The van der Waals surface area contributed by atoms with Crippen molar-refractivity contribution in [1.29, 1.82) is 0 Å². The van der Waals surface area contributed by atoms with E-state index < -0.39 is 0 Å². The van der Waals surface area contributed by atoms with Crippen LogP contribution in [0.5, 0.6) is 0 Å². The molecule has 84 valence electrons. The molecule has 16 heavy (non-hydrogen) atoms. The molecule has 3 nitrogen and oxygen atoms in total. The van der Waals surface area contributed by atoms with Gasteiger partial charge >= 0.3 is 0 Å². The lowest BCUT2D eigenvalue weighted by molar-refractivity contribution is 0.628. The van der Waals surface area contributed by atoms with Gasteiger partial charge in [-0.2, -0.15) is 4.37 Å². The molecule has 1 heterocycles. The highest BCUT2D eigenvalue weighted by Gasteiger charge is 2.05. The highest BCUT2D eigenvalue weighted by atomic mass is 32.2. The van der Waals surface area contributed by atoms with Crippen LogP contribution in [0.15, 0.2) is 22.5 Å². The number of hydrogen-bond acceptors (Lipinski definition) is 5. The number of thioether (sulfide) groups is 1. The van der Waals surface area contributed by atoms with Crippen LogP contribution < -0.4 is 5.73 Å². The van der Waals surface area contributed by atoms with E-state index in [0.717, 1.165) is 15.7 Å². The Morgan fingerprint density at radius 1 is 1.50 bits per heavy atom. The Kier molecular flexibility index (Phi) is 3.40. The summed E-state index contributed by atoms with van der Waals surface area (Å²) in [7, 11) is 0. The minimum absolute atomic E-state index is 0.307. The Balaban J connectivity index is 2.04. The van der Waals surface area contributed by atoms with Crippen molar-refractivity contribution in [3.8, 4) is 0 Å². The first-order chi connectivity index (χ1) is 7.65. The van der Waals surface area contributed by atoms with Crippen LogP contribution in [0.4, 0.5) is 10.1 Å². The number of nitrogen functional groups attached to an aromatic ring is 1. The number of anilines is 1. The van der Waals surface area contributed by atoms with Crippen molar-refractivity contribution in [3.63, 3.8) is 0 Å². The average molecular weight is 255 g/mol. The highest BCUT2D eigenvalue weighted by molar-refractivity contribution is 8.00. The van der Waals surface area contributed by atoms with Crippen LogP contribution in [0.25, 0.3) is 0 Å². The molecule has 0 bridgehead atoms. The summed E-state index contributed by atoms with van der Waals surface area (Å²) in [6, 6.07) is 4.45. The van der Waals surface area contributed by atoms with Gasteiger partial charge in [-0.1, -0.05) is 17.8 Å². The summed E-state index contributed by atoms with van der Waals surface area (Å²) in [6.45, 7) is 1.85. The maximum Gasteiger partial charge on any atom is 0.170 e. The fraction of sp³-hybridized carbons (Fsp3) is 0.200. The second-order valence-corrected chi connectivity index (χ2v) is 5.21. The van der Waals surface area contributed by atoms with Crippen LogP contribution in [-0.2, 0) is 5.75 Å². The van der Waals surface area contributed by atoms with Gasteiger partial charge in [0.2, 0.25) is 0 Å². The van der Waals surface area contributed by atoms with Crippen molar-refractivity contribution in [2.75, 3.05) is 5.73 Å². The fourth-order valence-corrected chi connectivity index (χ4v) is 2.84. The zero-order valence-electron chi connectivity index (χ0n) is 8.61. The van der Waals surface area contributed by atoms with Gasteiger partial charge in [0.15, 0.2) is 4.34 Å². The molecule has 2 N–H and O–H groups in total. The standard InChI is InChI=1S/C10H10FN3S2/c1-6-13-10(16-14-6)15-5-7-2-3-8(11)4-9(7)12/h2-4H,5,12H2,1H3. The molecule has 1 aromatic carbocycles. The van der Waals surface area contributed by atoms with Gasteiger partial charge in [0.25, 0.3) is 0 Å². The quantitative estimate of drug-likeness (QED) is 0.677. The lowest BCUT2D eigenvalue weighted by Crippen LogP contribution is -1.93. The monoisotopic (exact) mass is 255 g/mol. The SMILES string of the molecule is Cc1nsc(SCc2ccc(F)cc2N)n1. The first-order valence-corrected chi connectivity index (χ1v) is 6.38. The number of hydrogen-bond donors (Lipinski definition) is 1. The molecule has 0 saturated heterocycles. The van der Waals surface area contributed by atoms with Gasteiger partial charge in [0, 0.05) is 11.4 Å². The van der Waals surface area contributed by atoms with Crippen molar-refractivity contribution in [2.24, 2.45) is 0 Å². The van der Waals surface area contributed by atoms with E-state index in [9.17, 15) is 4.39 Å². The predicted octanol–water partition coefficient (Wildman–Crippen LogP) is 2.86. The number of nitrogens with zero attached hydrogens (tertiary/aromatic N) is 2. The summed E-state index contributed by atoms with van der Waals surface area (Å²) in [4.78, 5) is 4.23. The second kappa shape index (κ2) is 4.80. The maximum atomic E-state index is 12.8. The van der Waals surface area contributed by atoms with Crippen molar-refractivity contribution in [2.45, 2.75) is 17.0 Å². The van der Waals surface area contributed by atoms with E-state index in [0.29, 0.717) is 11.4 Å². The molecule has 0 spiro atoms. The number of rotatable bonds is 3. The third kappa shape index (κ3) is 2.70. The number of nitrogens with two attached hydrogens (primary N) is 1. The minimum atomic E-state index is -0.307. The lowest BCUT2D eigenvalue weighted by Gasteiger charge is -2.03. The molecule has 0 aliphatic heterocycles. The fourth-order valence-electron chi connectivity index (χ4n) is 1.17. The molecular weight excluding hydrogens is 245 g/mol. The number of aromatic nitrogens is 2. The second-order valence-electron chi connectivity index (χ2n) is 3.24. The first kappa shape index (κ1) is 11.3. The van der Waals surface area contributed by atoms with Gasteiger partial charge in [-0.25, -0.2) is 9.37 Å². The molecule has 0 radical (unpaired) electrons. The molecule has 0 atom stereocenters. The first-order valence-electron chi connectivity index (χ1n) is 4.62. The number of benzene rings is 1. The van der Waals surface area contributed by atoms with E-state index in [1.54, 1.807) is 17.8 Å². The molecular formula is C10H10FN3S2. The summed E-state index contributed by atoms with van der Waals surface area (Å²) in [5, 5.41) is 0. The Bertz CT molecular complexity index is 499. The Hall–Kier alpha value is -1.14. The molecule has 6 heteroatoms. The highest BCUT2D eigenvalue weighted by Crippen LogP contribution is 2.26. The molecule has 0 aliphatic carbocycles. The smallest absolute Gasteiger partial charge is 0.170 e. The van der Waals surface area contributed by atoms with E-state index >= 15 is 0 Å². The normalized spacial score (nSPS) is 10.6. The van der Waals surface area contributed by atoms with Crippen molar-refractivity contribution < 1.29 is 4.39 Å². The molecule has 1 aromatic heterocycles. The number of aryl methyl sites for hydroxylation is 1. The van der Waals surface area contributed by atoms with Crippen molar-refractivity contribution in [3.05, 3.63) is 35.4 Å². The summed E-state index contributed by atoms with van der Waals surface area (Å²) in [6.07, 6.45) is 0. The predicted molar refractivity (Wildman–Crippen MR) is 65.0 cm³/mol. The summed E-state index contributed by atoms with van der Waals surface area (Å²) >= 11 is 2.92. The van der Waals surface area contributed by atoms with Crippen LogP contribution in [0.3, 0.4) is 0 Å². The lowest BCUT2D eigenvalue weighted by atomic mass is 10.2. The van der Waals surface area contributed by atoms with Crippen LogP contribution in [0.2, 0.25) is 0 Å². The minimum Gasteiger partial charge on any atom is -0.398 e. The van der Waals surface area contributed by atoms with Crippen LogP contribution in [0.1, 0.15) is 11.4 Å². The third-order valence-electron chi connectivity index (χ3n) is 1.97. The zero-order valence-corrected chi connectivity index (χ0v) is 10.2. The van der Waals surface area contributed by atoms with Gasteiger partial charge in [-0.3, -0.25) is 0 Å². The third-order valence-corrected chi connectivity index (χ3v) is 3.94. The largest absolute Gasteiger partial charge is 0.398 e. The van der Waals surface area contributed by atoms with E-state index in [1.165, 1.54) is 23.7 Å². The molecule has 2 rings (SSSR count). The van der Waals surface area contributed by atoms with Crippen molar-refractivity contribution in [1.82, 2.24) is 9.36 Å². The van der Waals surface area contributed by atoms with Crippen LogP contribution in [-0.4, -0.2) is 9.36 Å². The Morgan fingerprint density at radius 3 is 2.94 bits per heavy atom. The Morgan fingerprint density at radius 2 is 2.31 bits per heavy atom. The van der Waals surface area contributed by atoms with Crippen LogP contribution >= 0.6 is 23.3 Å². The van der Waals surface area contributed by atoms with Crippen molar-refractivity contribution >= 4 is 29.0 Å². The summed E-state index contributed by atoms with van der Waals surface area (Å²) in [5.41, 5.74) is 7.10. The average Bonchev–Trinajstić information content (AvgIpc) is 2.63. The van der Waals surface area contributed by atoms with Gasteiger partial charge in [-0.05, 0) is 36.2 Å². The van der Waals surface area contributed by atoms with Gasteiger partial charge in [0.05, 0.1) is 0 Å². The molecule has 0 unspecified atom stereocenters. The molecule has 0 saturated carbocycles. The molecule has 2 aromatic rings. The maximum absolute atomic E-state index is 12.8. The van der Waals surface area contributed by atoms with E-state index in [2.05, 4.69) is 9.36 Å². The molecule has 0 amide bonds. The zero-order chi connectivity index (χ0) is 11.5. The van der Waals surface area contributed by atoms with Crippen LogP contribution in [0, 0.1) is 12.7 Å². The summed E-state index contributed by atoms with van der Waals surface area (Å²) in [5.74, 6) is 1.15. The molecule has 0 aliphatic rings. The Labute approximate surface area is 101 Å². The van der Waals surface area contributed by atoms with E-state index in [-0.39, 0.29) is 5.82 Å². The van der Waals surface area contributed by atoms with Gasteiger partial charge in [0.1, 0.15) is 11.6 Å².